The van der Waals surface area contributed by atoms with E-state index < -0.39 is 0 Å². The number of nitrogens with one attached hydrogen (secondary N) is 1. The minimum absolute atomic E-state index is 0.0387. The van der Waals surface area contributed by atoms with Crippen LogP contribution in [0.3, 0.4) is 0 Å². The van der Waals surface area contributed by atoms with E-state index in [4.69, 9.17) is 4.74 Å². The molecule has 0 saturated heterocycles. The summed E-state index contributed by atoms with van der Waals surface area (Å²) in [5.74, 6) is 1.55. The standard InChI is InChI=1S/C20H19BrN6O/c1-2-17(22-19-11-12-20-23-25-26-27(20)24-19)15-8-4-6-10-18(15)28-13-14-7-3-5-9-16(14)21/h3-12,17H,2,13H2,1H3,(H,22,24). The van der Waals surface area contributed by atoms with Gasteiger partial charge in [-0.2, -0.15) is 0 Å². The molecule has 0 spiro atoms. The minimum Gasteiger partial charge on any atom is -0.489 e. The van der Waals surface area contributed by atoms with Crippen molar-refractivity contribution >= 4 is 27.4 Å². The van der Waals surface area contributed by atoms with E-state index in [0.717, 1.165) is 27.8 Å². The summed E-state index contributed by atoms with van der Waals surface area (Å²) in [5, 5.41) is 19.2. The summed E-state index contributed by atoms with van der Waals surface area (Å²) in [7, 11) is 0. The Morgan fingerprint density at radius 3 is 2.75 bits per heavy atom. The van der Waals surface area contributed by atoms with E-state index in [-0.39, 0.29) is 6.04 Å². The zero-order valence-corrected chi connectivity index (χ0v) is 16.9. The molecule has 0 aliphatic carbocycles. The molecule has 0 aliphatic heterocycles. The van der Waals surface area contributed by atoms with Crippen LogP contribution in [0.5, 0.6) is 5.75 Å². The van der Waals surface area contributed by atoms with Crippen LogP contribution in [0.4, 0.5) is 5.82 Å². The van der Waals surface area contributed by atoms with Gasteiger partial charge in [0.1, 0.15) is 18.2 Å². The predicted octanol–water partition coefficient (Wildman–Crippen LogP) is 4.42. The van der Waals surface area contributed by atoms with Crippen molar-refractivity contribution in [2.45, 2.75) is 26.0 Å². The Hall–Kier alpha value is -3.00. The van der Waals surface area contributed by atoms with Crippen molar-refractivity contribution in [3.05, 3.63) is 76.3 Å². The van der Waals surface area contributed by atoms with E-state index in [0.29, 0.717) is 18.1 Å². The number of rotatable bonds is 7. The molecule has 142 valence electrons. The van der Waals surface area contributed by atoms with Crippen molar-refractivity contribution in [2.24, 2.45) is 0 Å². The fourth-order valence-corrected chi connectivity index (χ4v) is 3.37. The first kappa shape index (κ1) is 18.4. The molecular weight excluding hydrogens is 420 g/mol. The molecule has 2 aromatic carbocycles. The summed E-state index contributed by atoms with van der Waals surface area (Å²) in [6, 6.07) is 19.9. The maximum atomic E-state index is 6.15. The first-order chi connectivity index (χ1) is 13.7. The molecule has 2 aromatic heterocycles. The quantitative estimate of drug-likeness (QED) is 0.459. The van der Waals surface area contributed by atoms with Crippen LogP contribution in [0.1, 0.15) is 30.5 Å². The van der Waals surface area contributed by atoms with Crippen LogP contribution in [0.2, 0.25) is 0 Å². The highest BCUT2D eigenvalue weighted by molar-refractivity contribution is 9.10. The van der Waals surface area contributed by atoms with Crippen molar-refractivity contribution in [3.63, 3.8) is 0 Å². The number of tetrazole rings is 1. The number of halogens is 1. The number of hydrogen-bond acceptors (Lipinski definition) is 6. The van der Waals surface area contributed by atoms with E-state index in [9.17, 15) is 0 Å². The molecule has 0 radical (unpaired) electrons. The molecule has 0 fully saturated rings. The van der Waals surface area contributed by atoms with Crippen LogP contribution < -0.4 is 10.1 Å². The van der Waals surface area contributed by atoms with Crippen molar-refractivity contribution in [2.75, 3.05) is 5.32 Å². The third-order valence-corrected chi connectivity index (χ3v) is 5.21. The molecular formula is C20H19BrN6O. The zero-order valence-electron chi connectivity index (χ0n) is 15.3. The Bertz CT molecular complexity index is 1080. The molecule has 8 heteroatoms. The molecule has 1 N–H and O–H groups in total. The van der Waals surface area contributed by atoms with Gasteiger partial charge in [-0.1, -0.05) is 59.3 Å². The van der Waals surface area contributed by atoms with Crippen LogP contribution in [0.25, 0.3) is 5.65 Å². The monoisotopic (exact) mass is 438 g/mol. The van der Waals surface area contributed by atoms with Gasteiger partial charge in [0.05, 0.1) is 6.04 Å². The maximum absolute atomic E-state index is 6.15. The third-order valence-electron chi connectivity index (χ3n) is 4.44. The number of nitrogens with zero attached hydrogens (tertiary/aromatic N) is 5. The first-order valence-electron chi connectivity index (χ1n) is 9.01. The van der Waals surface area contributed by atoms with E-state index in [1.165, 1.54) is 4.63 Å². The van der Waals surface area contributed by atoms with Crippen molar-refractivity contribution < 1.29 is 4.74 Å². The number of aromatic nitrogens is 5. The lowest BCUT2D eigenvalue weighted by atomic mass is 10.0. The third kappa shape index (κ3) is 3.96. The number of para-hydroxylation sites is 1. The second-order valence-corrected chi connectivity index (χ2v) is 7.12. The van der Waals surface area contributed by atoms with Crippen LogP contribution in [-0.4, -0.2) is 25.3 Å². The Balaban J connectivity index is 1.55. The molecule has 2 heterocycles. The smallest absolute Gasteiger partial charge is 0.200 e. The average molecular weight is 439 g/mol. The lowest BCUT2D eigenvalue weighted by Crippen LogP contribution is -2.13. The second-order valence-electron chi connectivity index (χ2n) is 6.27. The predicted molar refractivity (Wildman–Crippen MR) is 110 cm³/mol. The Kier molecular flexibility index (Phi) is 5.48. The summed E-state index contributed by atoms with van der Waals surface area (Å²) < 4.78 is 8.60. The number of ether oxygens (including phenoxy) is 1. The summed E-state index contributed by atoms with van der Waals surface area (Å²) in [6.07, 6.45) is 0.866. The molecule has 4 aromatic rings. The molecule has 0 saturated carbocycles. The molecule has 0 bridgehead atoms. The lowest BCUT2D eigenvalue weighted by Gasteiger charge is -2.21. The molecule has 1 unspecified atom stereocenters. The van der Waals surface area contributed by atoms with Gasteiger partial charge in [0.15, 0.2) is 5.65 Å². The highest BCUT2D eigenvalue weighted by atomic mass is 79.9. The largest absolute Gasteiger partial charge is 0.489 e. The first-order valence-corrected chi connectivity index (χ1v) is 9.81. The SMILES string of the molecule is CCC(Nc1ccc2nnnn2n1)c1ccccc1OCc1ccccc1Br. The Labute approximate surface area is 170 Å². The average Bonchev–Trinajstić information content (AvgIpc) is 3.20. The minimum atomic E-state index is 0.0387. The number of anilines is 1. The van der Waals surface area contributed by atoms with E-state index >= 15 is 0 Å². The van der Waals surface area contributed by atoms with Gasteiger partial charge in [-0.3, -0.25) is 0 Å². The van der Waals surface area contributed by atoms with Gasteiger partial charge in [0.25, 0.3) is 0 Å². The molecule has 28 heavy (non-hydrogen) atoms. The van der Waals surface area contributed by atoms with Gasteiger partial charge in [0, 0.05) is 15.6 Å². The molecule has 7 nitrogen and oxygen atoms in total. The molecule has 0 amide bonds. The summed E-state index contributed by atoms with van der Waals surface area (Å²) >= 11 is 3.57. The Morgan fingerprint density at radius 2 is 1.89 bits per heavy atom. The number of benzene rings is 2. The molecule has 1 atom stereocenters. The van der Waals surface area contributed by atoms with Crippen LogP contribution in [0, 0.1) is 0 Å². The normalized spacial score (nSPS) is 12.1. The van der Waals surface area contributed by atoms with Crippen molar-refractivity contribution in [3.8, 4) is 5.75 Å². The molecule has 0 aliphatic rings. The van der Waals surface area contributed by atoms with Gasteiger partial charge < -0.3 is 10.1 Å². The maximum Gasteiger partial charge on any atom is 0.200 e. The zero-order chi connectivity index (χ0) is 19.3. The Morgan fingerprint density at radius 1 is 1.07 bits per heavy atom. The topological polar surface area (TPSA) is 77.2 Å². The van der Waals surface area contributed by atoms with Crippen LogP contribution in [0.15, 0.2) is 65.1 Å². The molecule has 4 rings (SSSR count). The van der Waals surface area contributed by atoms with Crippen LogP contribution in [-0.2, 0) is 6.61 Å². The number of hydrogen-bond donors (Lipinski definition) is 1. The van der Waals surface area contributed by atoms with Crippen LogP contribution >= 0.6 is 15.9 Å². The van der Waals surface area contributed by atoms with E-state index in [1.54, 1.807) is 0 Å². The van der Waals surface area contributed by atoms with Crippen molar-refractivity contribution in [1.29, 1.82) is 0 Å². The van der Waals surface area contributed by atoms with E-state index in [1.807, 2.05) is 54.6 Å². The number of fused-ring (bicyclic) bond motifs is 1. The summed E-state index contributed by atoms with van der Waals surface area (Å²) in [5.41, 5.74) is 2.79. The van der Waals surface area contributed by atoms with Crippen molar-refractivity contribution in [1.82, 2.24) is 25.3 Å². The summed E-state index contributed by atoms with van der Waals surface area (Å²) in [4.78, 5) is 0. The van der Waals surface area contributed by atoms with Gasteiger partial charge >= 0.3 is 0 Å². The highest BCUT2D eigenvalue weighted by Crippen LogP contribution is 2.30. The second kappa shape index (κ2) is 8.35. The highest BCUT2D eigenvalue weighted by Gasteiger charge is 2.16. The van der Waals surface area contributed by atoms with Gasteiger partial charge in [-0.05, 0) is 41.1 Å². The fourth-order valence-electron chi connectivity index (χ4n) is 2.98. The van der Waals surface area contributed by atoms with Gasteiger partial charge in [-0.25, -0.2) is 0 Å². The van der Waals surface area contributed by atoms with Gasteiger partial charge in [0.2, 0.25) is 0 Å². The van der Waals surface area contributed by atoms with E-state index in [2.05, 4.69) is 54.9 Å². The fraction of sp³-hybridized carbons (Fsp3) is 0.200. The van der Waals surface area contributed by atoms with Gasteiger partial charge in [-0.15, -0.1) is 14.8 Å². The summed E-state index contributed by atoms with van der Waals surface area (Å²) in [6.45, 7) is 2.61. The lowest BCUT2D eigenvalue weighted by molar-refractivity contribution is 0.300.